The number of rotatable bonds is 3. The minimum absolute atomic E-state index is 0.127. The molecule has 2 aromatic heterocycles. The van der Waals surface area contributed by atoms with Gasteiger partial charge in [0.15, 0.2) is 0 Å². The lowest BCUT2D eigenvalue weighted by Crippen LogP contribution is -2.31. The molecule has 0 saturated heterocycles. The highest BCUT2D eigenvalue weighted by Gasteiger charge is 2.15. The molecule has 0 bridgehead atoms. The molecule has 0 aliphatic heterocycles. The molecule has 134 valence electrons. The maximum Gasteiger partial charge on any atom is 0.335 e. The Bertz CT molecular complexity index is 1300. The lowest BCUT2D eigenvalue weighted by Gasteiger charge is -2.11. The summed E-state index contributed by atoms with van der Waals surface area (Å²) in [6, 6.07) is 12.3. The van der Waals surface area contributed by atoms with Gasteiger partial charge in [-0.25, -0.2) is 9.36 Å². The second kappa shape index (κ2) is 6.61. The Morgan fingerprint density at radius 1 is 1.15 bits per heavy atom. The third kappa shape index (κ3) is 2.93. The Hall–Kier alpha value is -3.59. The van der Waals surface area contributed by atoms with E-state index < -0.39 is 17.1 Å². The highest BCUT2D eigenvalue weighted by Crippen LogP contribution is 2.24. The Morgan fingerprint density at radius 2 is 1.96 bits per heavy atom. The average Bonchev–Trinajstić information content (AvgIpc) is 3.12. The number of para-hydroxylation sites is 1. The van der Waals surface area contributed by atoms with Gasteiger partial charge in [0.25, 0.3) is 5.56 Å². The fourth-order valence-electron chi connectivity index (χ4n) is 2.72. The van der Waals surface area contributed by atoms with E-state index in [1.54, 1.807) is 43.3 Å². The number of nitrogens with one attached hydrogen (secondary N) is 1. The van der Waals surface area contributed by atoms with Crippen LogP contribution in [0.15, 0.2) is 57.0 Å². The fourth-order valence-corrected chi connectivity index (χ4v) is 3.27. The summed E-state index contributed by atoms with van der Waals surface area (Å²) in [6.07, 6.45) is 1.22. The van der Waals surface area contributed by atoms with Crippen molar-refractivity contribution in [1.29, 1.82) is 0 Å². The van der Waals surface area contributed by atoms with Crippen LogP contribution in [0.1, 0.15) is 11.1 Å². The monoisotopic (exact) mass is 379 g/mol. The SMILES string of the molecule is Cc1ccccc1-n1c(O)c(C=Nc2cccc3nsnc23)c(=O)[nH]c1=O. The molecule has 0 aliphatic rings. The molecule has 0 atom stereocenters. The van der Waals surface area contributed by atoms with E-state index in [2.05, 4.69) is 18.7 Å². The van der Waals surface area contributed by atoms with E-state index in [0.29, 0.717) is 22.4 Å². The van der Waals surface area contributed by atoms with E-state index in [0.717, 1.165) is 21.9 Å². The summed E-state index contributed by atoms with van der Waals surface area (Å²) in [7, 11) is 0. The lowest BCUT2D eigenvalue weighted by molar-refractivity contribution is 0.430. The number of aromatic nitrogens is 4. The number of H-pyrrole nitrogens is 1. The molecule has 4 aromatic rings. The molecule has 0 unspecified atom stereocenters. The van der Waals surface area contributed by atoms with Crippen LogP contribution >= 0.6 is 11.7 Å². The van der Waals surface area contributed by atoms with Crippen LogP contribution in [0.4, 0.5) is 5.69 Å². The summed E-state index contributed by atoms with van der Waals surface area (Å²) in [5, 5.41) is 10.6. The molecular weight excluding hydrogens is 366 g/mol. The van der Waals surface area contributed by atoms with E-state index in [9.17, 15) is 14.7 Å². The first-order chi connectivity index (χ1) is 13.1. The predicted octanol–water partition coefficient (Wildman–Crippen LogP) is 2.30. The van der Waals surface area contributed by atoms with Crippen LogP contribution in [-0.2, 0) is 0 Å². The van der Waals surface area contributed by atoms with Crippen LogP contribution in [0.25, 0.3) is 16.7 Å². The van der Waals surface area contributed by atoms with Crippen LogP contribution in [0, 0.1) is 6.92 Å². The van der Waals surface area contributed by atoms with E-state index in [-0.39, 0.29) is 5.56 Å². The number of fused-ring (bicyclic) bond motifs is 1. The summed E-state index contributed by atoms with van der Waals surface area (Å²) >= 11 is 1.06. The van der Waals surface area contributed by atoms with Crippen LogP contribution in [0.2, 0.25) is 0 Å². The Morgan fingerprint density at radius 3 is 2.78 bits per heavy atom. The van der Waals surface area contributed by atoms with Crippen LogP contribution < -0.4 is 11.2 Å². The first-order valence-electron chi connectivity index (χ1n) is 7.96. The molecule has 9 heteroatoms. The highest BCUT2D eigenvalue weighted by molar-refractivity contribution is 7.00. The zero-order chi connectivity index (χ0) is 19.0. The van der Waals surface area contributed by atoms with Gasteiger partial charge in [0.05, 0.1) is 23.1 Å². The molecule has 0 aliphatic carbocycles. The third-order valence-corrected chi connectivity index (χ3v) is 4.62. The molecule has 2 aromatic carbocycles. The lowest BCUT2D eigenvalue weighted by atomic mass is 10.2. The summed E-state index contributed by atoms with van der Waals surface area (Å²) in [6.45, 7) is 1.80. The molecule has 2 heterocycles. The van der Waals surface area contributed by atoms with Gasteiger partial charge in [0, 0.05) is 6.21 Å². The summed E-state index contributed by atoms with van der Waals surface area (Å²) in [5.41, 5.74) is 1.45. The predicted molar refractivity (Wildman–Crippen MR) is 104 cm³/mol. The minimum atomic E-state index is -0.727. The molecule has 4 rings (SSSR count). The van der Waals surface area contributed by atoms with Gasteiger partial charge in [0.2, 0.25) is 5.88 Å². The molecule has 0 radical (unpaired) electrons. The maximum absolute atomic E-state index is 12.3. The summed E-state index contributed by atoms with van der Waals surface area (Å²) in [4.78, 5) is 31.0. The van der Waals surface area contributed by atoms with Gasteiger partial charge in [-0.1, -0.05) is 24.3 Å². The maximum atomic E-state index is 12.3. The number of aryl methyl sites for hydroxylation is 1. The van der Waals surface area contributed by atoms with Gasteiger partial charge in [-0.3, -0.25) is 14.8 Å². The summed E-state index contributed by atoms with van der Waals surface area (Å²) < 4.78 is 9.36. The zero-order valence-electron chi connectivity index (χ0n) is 14.1. The topological polar surface area (TPSA) is 113 Å². The third-order valence-electron chi connectivity index (χ3n) is 4.07. The van der Waals surface area contributed by atoms with Crippen molar-refractivity contribution in [1.82, 2.24) is 18.3 Å². The quantitative estimate of drug-likeness (QED) is 0.530. The van der Waals surface area contributed by atoms with E-state index >= 15 is 0 Å². The molecular formula is C18H13N5O3S. The van der Waals surface area contributed by atoms with Crippen LogP contribution in [0.3, 0.4) is 0 Å². The van der Waals surface area contributed by atoms with Crippen LogP contribution in [0.5, 0.6) is 5.88 Å². The second-order valence-corrected chi connectivity index (χ2v) is 6.31. The number of benzene rings is 2. The van der Waals surface area contributed by atoms with Gasteiger partial charge in [-0.2, -0.15) is 8.75 Å². The normalized spacial score (nSPS) is 11.4. The van der Waals surface area contributed by atoms with Gasteiger partial charge < -0.3 is 5.11 Å². The van der Waals surface area contributed by atoms with Gasteiger partial charge >= 0.3 is 5.69 Å². The smallest absolute Gasteiger partial charge is 0.335 e. The Labute approximate surface area is 156 Å². The Balaban J connectivity index is 1.88. The van der Waals surface area contributed by atoms with Gasteiger partial charge in [0.1, 0.15) is 16.6 Å². The zero-order valence-corrected chi connectivity index (χ0v) is 14.9. The number of hydrogen-bond donors (Lipinski definition) is 2. The molecule has 0 saturated carbocycles. The minimum Gasteiger partial charge on any atom is -0.493 e. The van der Waals surface area contributed by atoms with Crippen molar-refractivity contribution >= 4 is 34.7 Å². The van der Waals surface area contributed by atoms with E-state index in [1.807, 2.05) is 6.07 Å². The largest absolute Gasteiger partial charge is 0.493 e. The van der Waals surface area contributed by atoms with E-state index in [1.165, 1.54) is 6.21 Å². The molecule has 8 nitrogen and oxygen atoms in total. The van der Waals surface area contributed by atoms with Crippen molar-refractivity contribution in [3.63, 3.8) is 0 Å². The highest BCUT2D eigenvalue weighted by atomic mass is 32.1. The fraction of sp³-hybridized carbons (Fsp3) is 0.0556. The number of aromatic amines is 1. The molecule has 27 heavy (non-hydrogen) atoms. The van der Waals surface area contributed by atoms with Gasteiger partial charge in [-0.05, 0) is 30.7 Å². The van der Waals surface area contributed by atoms with E-state index in [4.69, 9.17) is 0 Å². The standard InChI is InChI=1S/C18H13N5O3S/c1-10-5-2-3-8-14(10)23-17(25)11(16(24)20-18(23)26)9-19-12-6-4-7-13-15(12)22-27-21-13/h2-9,25H,1H3,(H,20,24,26). The second-order valence-electron chi connectivity index (χ2n) is 5.79. The number of aromatic hydroxyl groups is 1. The van der Waals surface area contributed by atoms with Crippen molar-refractivity contribution in [2.24, 2.45) is 4.99 Å². The van der Waals surface area contributed by atoms with Crippen molar-refractivity contribution in [2.75, 3.05) is 0 Å². The van der Waals surface area contributed by atoms with Gasteiger partial charge in [-0.15, -0.1) is 0 Å². The first kappa shape index (κ1) is 16.9. The average molecular weight is 379 g/mol. The number of hydrogen-bond acceptors (Lipinski definition) is 7. The number of nitrogens with zero attached hydrogens (tertiary/aromatic N) is 4. The first-order valence-corrected chi connectivity index (χ1v) is 8.69. The van der Waals surface area contributed by atoms with Crippen molar-refractivity contribution in [3.05, 3.63) is 74.4 Å². The molecule has 2 N–H and O–H groups in total. The number of aliphatic imine (C=N–C) groups is 1. The molecule has 0 spiro atoms. The van der Waals surface area contributed by atoms with Crippen molar-refractivity contribution in [3.8, 4) is 11.6 Å². The van der Waals surface area contributed by atoms with Crippen molar-refractivity contribution < 1.29 is 5.11 Å². The molecule has 0 amide bonds. The van der Waals surface area contributed by atoms with Crippen LogP contribution in [-0.4, -0.2) is 29.6 Å². The van der Waals surface area contributed by atoms with Crippen molar-refractivity contribution in [2.45, 2.75) is 6.92 Å². The summed E-state index contributed by atoms with van der Waals surface area (Å²) in [5.74, 6) is -0.481. The Kier molecular flexibility index (Phi) is 4.13. The molecule has 0 fully saturated rings.